The molecule has 0 amide bonds. The summed E-state index contributed by atoms with van der Waals surface area (Å²) in [6, 6.07) is 1.92. The molecule has 0 fully saturated rings. The first kappa shape index (κ1) is 10.8. The number of nitrogens with zero attached hydrogens (tertiary/aromatic N) is 2. The molecular weight excluding hydrogens is 226 g/mol. The monoisotopic (exact) mass is 237 g/mol. The van der Waals surface area contributed by atoms with Gasteiger partial charge in [0.1, 0.15) is 16.8 Å². The van der Waals surface area contributed by atoms with Gasteiger partial charge in [0.05, 0.1) is 0 Å². The van der Waals surface area contributed by atoms with E-state index in [1.165, 1.54) is 11.3 Å². The minimum Gasteiger partial charge on any atom is -0.464 e. The van der Waals surface area contributed by atoms with E-state index in [2.05, 4.69) is 15.2 Å². The van der Waals surface area contributed by atoms with E-state index in [1.807, 2.05) is 18.4 Å². The Hall–Kier alpha value is -1.69. The van der Waals surface area contributed by atoms with E-state index in [-0.39, 0.29) is 6.10 Å². The fourth-order valence-electron chi connectivity index (χ4n) is 1.38. The van der Waals surface area contributed by atoms with Gasteiger partial charge in [0.2, 0.25) is 0 Å². The number of nitrogens with one attached hydrogen (secondary N) is 1. The maximum absolute atomic E-state index is 10.1. The zero-order valence-corrected chi connectivity index (χ0v) is 9.53. The molecule has 0 aliphatic rings. The van der Waals surface area contributed by atoms with Gasteiger partial charge in [-0.1, -0.05) is 0 Å². The Morgan fingerprint density at radius 1 is 1.69 bits per heavy atom. The summed E-state index contributed by atoms with van der Waals surface area (Å²) in [5.74, 6) is 0. The van der Waals surface area contributed by atoms with E-state index in [9.17, 15) is 4.79 Å². The standard InChI is InChI=1S/C10H11N3O2S/c1-7(15-6-14)4-8-5-9(13-12-8)10-11-2-3-16-10/h2-3,5-7H,4H2,1H3,(H,12,13). The van der Waals surface area contributed by atoms with Gasteiger partial charge in [0.25, 0.3) is 6.47 Å². The molecule has 2 aromatic heterocycles. The lowest BCUT2D eigenvalue weighted by atomic mass is 10.2. The number of carbonyl (C=O) groups is 1. The SMILES string of the molecule is CC(Cc1cc(-c2nccs2)n[nH]1)OC=O. The topological polar surface area (TPSA) is 67.9 Å². The molecule has 1 unspecified atom stereocenters. The Kier molecular flexibility index (Phi) is 3.31. The summed E-state index contributed by atoms with van der Waals surface area (Å²) in [6.07, 6.45) is 2.21. The molecule has 1 N–H and O–H groups in total. The summed E-state index contributed by atoms with van der Waals surface area (Å²) >= 11 is 1.54. The molecule has 16 heavy (non-hydrogen) atoms. The van der Waals surface area contributed by atoms with Gasteiger partial charge in [-0.25, -0.2) is 4.98 Å². The second-order valence-electron chi connectivity index (χ2n) is 3.36. The van der Waals surface area contributed by atoms with Crippen LogP contribution in [-0.4, -0.2) is 27.8 Å². The van der Waals surface area contributed by atoms with Crippen LogP contribution in [-0.2, 0) is 16.0 Å². The number of aromatic nitrogens is 3. The molecule has 2 rings (SSSR count). The fraction of sp³-hybridized carbons (Fsp3) is 0.300. The number of hydrogen-bond donors (Lipinski definition) is 1. The number of rotatable bonds is 5. The first-order chi connectivity index (χ1) is 7.79. The normalized spacial score (nSPS) is 12.3. The second-order valence-corrected chi connectivity index (χ2v) is 4.26. The Morgan fingerprint density at radius 3 is 3.25 bits per heavy atom. The molecule has 1 atom stereocenters. The van der Waals surface area contributed by atoms with E-state index in [1.54, 1.807) is 6.20 Å². The summed E-state index contributed by atoms with van der Waals surface area (Å²) in [4.78, 5) is 14.3. The molecule has 2 aromatic rings. The fourth-order valence-corrected chi connectivity index (χ4v) is 1.98. The third-order valence-corrected chi connectivity index (χ3v) is 2.87. The van der Waals surface area contributed by atoms with Gasteiger partial charge in [0.15, 0.2) is 0 Å². The van der Waals surface area contributed by atoms with Crippen LogP contribution >= 0.6 is 11.3 Å². The van der Waals surface area contributed by atoms with Gasteiger partial charge in [0, 0.05) is 23.7 Å². The molecule has 6 heteroatoms. The third kappa shape index (κ3) is 2.46. The maximum atomic E-state index is 10.1. The predicted molar refractivity (Wildman–Crippen MR) is 60.0 cm³/mol. The van der Waals surface area contributed by atoms with Crippen molar-refractivity contribution in [2.24, 2.45) is 0 Å². The molecule has 0 aliphatic heterocycles. The summed E-state index contributed by atoms with van der Waals surface area (Å²) in [5, 5.41) is 9.84. The van der Waals surface area contributed by atoms with Crippen molar-refractivity contribution in [2.45, 2.75) is 19.4 Å². The predicted octanol–water partition coefficient (Wildman–Crippen LogP) is 1.64. The minimum absolute atomic E-state index is 0.151. The Morgan fingerprint density at radius 2 is 2.56 bits per heavy atom. The smallest absolute Gasteiger partial charge is 0.293 e. The van der Waals surface area contributed by atoms with Crippen molar-refractivity contribution in [1.82, 2.24) is 15.2 Å². The lowest BCUT2D eigenvalue weighted by molar-refractivity contribution is -0.132. The number of H-pyrrole nitrogens is 1. The lowest BCUT2D eigenvalue weighted by Gasteiger charge is -2.06. The second kappa shape index (κ2) is 4.89. The van der Waals surface area contributed by atoms with Crippen LogP contribution in [0.4, 0.5) is 0 Å². The van der Waals surface area contributed by atoms with Crippen molar-refractivity contribution < 1.29 is 9.53 Å². The molecule has 0 aliphatic carbocycles. The Labute approximate surface area is 96.5 Å². The minimum atomic E-state index is -0.151. The van der Waals surface area contributed by atoms with Crippen molar-refractivity contribution in [2.75, 3.05) is 0 Å². The van der Waals surface area contributed by atoms with Crippen LogP contribution in [0.3, 0.4) is 0 Å². The van der Waals surface area contributed by atoms with E-state index in [0.717, 1.165) is 16.4 Å². The third-order valence-electron chi connectivity index (χ3n) is 2.08. The molecular formula is C10H11N3O2S. The van der Waals surface area contributed by atoms with Gasteiger partial charge in [-0.15, -0.1) is 11.3 Å². The lowest BCUT2D eigenvalue weighted by Crippen LogP contribution is -2.10. The zero-order valence-electron chi connectivity index (χ0n) is 8.71. The van der Waals surface area contributed by atoms with Crippen molar-refractivity contribution in [3.05, 3.63) is 23.3 Å². The highest BCUT2D eigenvalue weighted by Crippen LogP contribution is 2.20. The van der Waals surface area contributed by atoms with Crippen LogP contribution in [0.25, 0.3) is 10.7 Å². The van der Waals surface area contributed by atoms with Crippen LogP contribution < -0.4 is 0 Å². The number of ether oxygens (including phenoxy) is 1. The molecule has 84 valence electrons. The first-order valence-electron chi connectivity index (χ1n) is 4.83. The van der Waals surface area contributed by atoms with Crippen LogP contribution in [0.2, 0.25) is 0 Å². The van der Waals surface area contributed by atoms with Crippen LogP contribution in [0.1, 0.15) is 12.6 Å². The number of thiazole rings is 1. The van der Waals surface area contributed by atoms with Gasteiger partial charge in [-0.3, -0.25) is 9.89 Å². The highest BCUT2D eigenvalue weighted by Gasteiger charge is 2.09. The summed E-state index contributed by atoms with van der Waals surface area (Å²) in [6.45, 7) is 2.29. The Bertz CT molecular complexity index is 452. The highest BCUT2D eigenvalue weighted by atomic mass is 32.1. The van der Waals surface area contributed by atoms with Crippen molar-refractivity contribution in [3.63, 3.8) is 0 Å². The molecule has 5 nitrogen and oxygen atoms in total. The maximum Gasteiger partial charge on any atom is 0.293 e. The average molecular weight is 237 g/mol. The molecule has 0 saturated heterocycles. The molecule has 0 aromatic carbocycles. The number of aromatic amines is 1. The molecule has 2 heterocycles. The average Bonchev–Trinajstić information content (AvgIpc) is 2.86. The summed E-state index contributed by atoms with van der Waals surface area (Å²) in [5.41, 5.74) is 1.75. The number of hydrogen-bond acceptors (Lipinski definition) is 5. The van der Waals surface area contributed by atoms with E-state index >= 15 is 0 Å². The largest absolute Gasteiger partial charge is 0.464 e. The Balaban J connectivity index is 2.05. The van der Waals surface area contributed by atoms with Gasteiger partial charge < -0.3 is 4.74 Å². The summed E-state index contributed by atoms with van der Waals surface area (Å²) in [7, 11) is 0. The number of carbonyl (C=O) groups excluding carboxylic acids is 1. The van der Waals surface area contributed by atoms with Gasteiger partial charge in [-0.2, -0.15) is 5.10 Å². The van der Waals surface area contributed by atoms with Crippen molar-refractivity contribution in [1.29, 1.82) is 0 Å². The molecule has 0 spiro atoms. The van der Waals surface area contributed by atoms with Gasteiger partial charge in [-0.05, 0) is 13.0 Å². The van der Waals surface area contributed by atoms with Gasteiger partial charge >= 0.3 is 0 Å². The molecule has 0 radical (unpaired) electrons. The zero-order chi connectivity index (χ0) is 11.4. The van der Waals surface area contributed by atoms with E-state index < -0.39 is 0 Å². The van der Waals surface area contributed by atoms with Crippen molar-refractivity contribution >= 4 is 17.8 Å². The van der Waals surface area contributed by atoms with Crippen molar-refractivity contribution in [3.8, 4) is 10.7 Å². The first-order valence-corrected chi connectivity index (χ1v) is 5.71. The molecule has 0 saturated carbocycles. The highest BCUT2D eigenvalue weighted by molar-refractivity contribution is 7.13. The van der Waals surface area contributed by atoms with Crippen LogP contribution in [0.15, 0.2) is 17.6 Å². The van der Waals surface area contributed by atoms with E-state index in [4.69, 9.17) is 4.74 Å². The summed E-state index contributed by atoms with van der Waals surface area (Å²) < 4.78 is 4.80. The van der Waals surface area contributed by atoms with Crippen LogP contribution in [0.5, 0.6) is 0 Å². The quantitative estimate of drug-likeness (QED) is 0.803. The molecule has 0 bridgehead atoms. The van der Waals surface area contributed by atoms with Crippen LogP contribution in [0, 0.1) is 0 Å². The van der Waals surface area contributed by atoms with E-state index in [0.29, 0.717) is 12.9 Å².